The van der Waals surface area contributed by atoms with Gasteiger partial charge in [-0.3, -0.25) is 37.9 Å². The fourth-order valence-corrected chi connectivity index (χ4v) is 16.5. The summed E-state index contributed by atoms with van der Waals surface area (Å²) in [6.45, 7) is 15.4. The van der Waals surface area contributed by atoms with Crippen molar-refractivity contribution in [2.45, 2.75) is 154 Å². The zero-order chi connectivity index (χ0) is 69.6. The highest BCUT2D eigenvalue weighted by molar-refractivity contribution is 7.88. The van der Waals surface area contributed by atoms with Gasteiger partial charge in [-0.15, -0.1) is 0 Å². The molecule has 1 saturated heterocycles. The second-order valence-corrected chi connectivity index (χ2v) is 38.1. The molecule has 0 aromatic heterocycles. The first-order valence-corrected chi connectivity index (χ1v) is 41.0. The standard InChI is InChI=1S/C31H41N2O6P.C29H36N2O5.C4H4ClNO2.C2H6ClOP.C2H7O2P/c1-18-5-11-25(29(35)28(18)30(32)36)33-27(34)14-16-38-26-12-10-24-23-8-6-19-17-20(39-40(3,4)37)7-9-21(19)22(23)13-15-31(24,26)2;1-16-3-9-23(27(34)26(16)28(30)35)31-25(33)12-14-36-24-10-8-22-21-6-4-17-15-18(32)5-7-19(17)20(21)11-13-29(22,24)2;5-6-3(7)1-2-4(6)8;2*1-5(2,3)4/h5,7,9,11,17,22-24,26,35H,6,8,10,12-16H2,1-4H3,(H2,32,36)(H,33,34);3,5,7,9,15,20-22,24,32,34H,4,6,8,10-14H2,1-2H3,(H2,30,35)(H,31,33);1-2H2;1-2H3;1-2H3,(H,3,4)/t22?,23?,24?,26-,31-;20?,21?,22?,24-,29-;;;/m11.../s1. The number of primary amides is 2. The third kappa shape index (κ3) is 19.3. The van der Waals surface area contributed by atoms with Gasteiger partial charge in [0.05, 0.1) is 60.8 Å². The highest BCUT2D eigenvalue weighted by Crippen LogP contribution is 2.63. The monoisotopic (exact) mass is 1400 g/mol. The molecule has 7 aliphatic rings. The van der Waals surface area contributed by atoms with E-state index >= 15 is 0 Å². The number of benzene rings is 4. The average molecular weight is 1400 g/mol. The van der Waals surface area contributed by atoms with Crippen LogP contribution in [0.4, 0.5) is 11.4 Å². The van der Waals surface area contributed by atoms with Crippen molar-refractivity contribution in [2.75, 3.05) is 63.8 Å². The normalized spacial score (nSPS) is 25.6. The number of aryl methyl sites for hydroxylation is 4. The fourth-order valence-electron chi connectivity index (χ4n) is 15.7. The molecule has 6 aliphatic carbocycles. The summed E-state index contributed by atoms with van der Waals surface area (Å²) in [5.41, 5.74) is 17.9. The van der Waals surface area contributed by atoms with Gasteiger partial charge in [0, 0.05) is 64.6 Å². The number of nitrogens with two attached hydrogens (primary N) is 2. The summed E-state index contributed by atoms with van der Waals surface area (Å²) in [4.78, 5) is 77.3. The van der Waals surface area contributed by atoms with Crippen molar-refractivity contribution in [1.29, 1.82) is 0 Å². The summed E-state index contributed by atoms with van der Waals surface area (Å²) in [5.74, 6) is 1.36. The van der Waals surface area contributed by atoms with E-state index in [2.05, 4.69) is 42.7 Å². The number of hydrogen-bond acceptors (Lipinski definition) is 15. The minimum Gasteiger partial charge on any atom is -0.508 e. The predicted octanol–water partition coefficient (Wildman–Crippen LogP) is 13.3. The van der Waals surface area contributed by atoms with E-state index in [9.17, 15) is 57.8 Å². The van der Waals surface area contributed by atoms with Gasteiger partial charge in [-0.25, -0.2) is 0 Å². The zero-order valence-corrected chi connectivity index (χ0v) is 59.7. The van der Waals surface area contributed by atoms with E-state index in [-0.39, 0.29) is 106 Å². The lowest BCUT2D eigenvalue weighted by molar-refractivity contribution is -0.132. The molecule has 94 heavy (non-hydrogen) atoms. The Kier molecular flexibility index (Phi) is 25.1. The Morgan fingerprint density at radius 2 is 1.00 bits per heavy atom. The Labute approximate surface area is 561 Å². The molecule has 10 atom stereocenters. The lowest BCUT2D eigenvalue weighted by Crippen LogP contribution is -2.44. The van der Waals surface area contributed by atoms with Crippen molar-refractivity contribution in [3.8, 4) is 23.0 Å². The van der Waals surface area contributed by atoms with E-state index < -0.39 is 33.0 Å². The number of fused-ring (bicyclic) bond motifs is 10. The molecule has 1 aliphatic heterocycles. The molecular formula is C68H94Cl2N5O16P3. The highest BCUT2D eigenvalue weighted by atomic mass is 35.7. The second-order valence-electron chi connectivity index (χ2n) is 27.6. The Morgan fingerprint density at radius 1 is 0.606 bits per heavy atom. The van der Waals surface area contributed by atoms with Crippen molar-refractivity contribution in [3.63, 3.8) is 0 Å². The van der Waals surface area contributed by atoms with Crippen LogP contribution in [0, 0.1) is 48.3 Å². The third-order valence-corrected chi connectivity index (χ3v) is 20.7. The van der Waals surface area contributed by atoms with Crippen molar-refractivity contribution in [1.82, 2.24) is 4.42 Å². The van der Waals surface area contributed by atoms with Crippen molar-refractivity contribution in [2.24, 2.45) is 46.0 Å². The molecule has 5 fully saturated rings. The van der Waals surface area contributed by atoms with Crippen LogP contribution in [-0.2, 0) is 55.2 Å². The quantitative estimate of drug-likeness (QED) is 0.0252. The van der Waals surface area contributed by atoms with Gasteiger partial charge in [0.2, 0.25) is 31.0 Å². The summed E-state index contributed by atoms with van der Waals surface area (Å²) in [5, 5.41) is 36.0. The summed E-state index contributed by atoms with van der Waals surface area (Å²) < 4.78 is 50.9. The number of carbonyl (C=O) groups is 6. The molecule has 516 valence electrons. The number of nitrogens with zero attached hydrogens (tertiary/aromatic N) is 1. The second kappa shape index (κ2) is 31.2. The molecular weight excluding hydrogens is 1310 g/mol. The predicted molar refractivity (Wildman–Crippen MR) is 366 cm³/mol. The number of amides is 6. The van der Waals surface area contributed by atoms with Crippen LogP contribution in [0.2, 0.25) is 0 Å². The molecule has 0 spiro atoms. The number of rotatable bonds is 14. The summed E-state index contributed by atoms with van der Waals surface area (Å²) in [6, 6.07) is 18.6. The van der Waals surface area contributed by atoms with Gasteiger partial charge >= 0.3 is 0 Å². The first-order chi connectivity index (χ1) is 43.8. The average Bonchev–Trinajstić information content (AvgIpc) is 1.46. The lowest BCUT2D eigenvalue weighted by Gasteiger charge is -2.50. The summed E-state index contributed by atoms with van der Waals surface area (Å²) in [7, 11) is -5.23. The topological polar surface area (TPSA) is 342 Å². The van der Waals surface area contributed by atoms with Gasteiger partial charge in [0.1, 0.15) is 11.5 Å². The van der Waals surface area contributed by atoms with Gasteiger partial charge in [-0.1, -0.05) is 49.4 Å². The summed E-state index contributed by atoms with van der Waals surface area (Å²) >= 11 is 10.2. The van der Waals surface area contributed by atoms with Crippen LogP contribution < -0.4 is 26.6 Å². The largest absolute Gasteiger partial charge is 0.508 e. The number of imide groups is 1. The molecule has 0 radical (unpaired) electrons. The molecule has 6 unspecified atom stereocenters. The van der Waals surface area contributed by atoms with Gasteiger partial charge < -0.3 is 60.9 Å². The molecule has 4 aromatic rings. The minimum absolute atomic E-state index is 0.0152. The molecule has 0 bridgehead atoms. The molecule has 10 N–H and O–H groups in total. The van der Waals surface area contributed by atoms with Crippen LogP contribution in [-0.4, -0.2) is 125 Å². The van der Waals surface area contributed by atoms with E-state index in [1.165, 1.54) is 48.9 Å². The number of carbonyl (C=O) groups excluding carboxylic acids is 6. The molecule has 4 aromatic carbocycles. The zero-order valence-electron chi connectivity index (χ0n) is 55.5. The molecule has 6 amide bonds. The Hall–Kier alpha value is -5.75. The van der Waals surface area contributed by atoms with Crippen molar-refractivity contribution >= 4 is 91.1 Å². The summed E-state index contributed by atoms with van der Waals surface area (Å²) in [6.07, 6.45) is 14.1. The maximum absolute atomic E-state index is 12.6. The van der Waals surface area contributed by atoms with E-state index in [0.29, 0.717) is 75.8 Å². The van der Waals surface area contributed by atoms with Crippen LogP contribution in [0.15, 0.2) is 60.7 Å². The smallest absolute Gasteiger partial charge is 0.252 e. The van der Waals surface area contributed by atoms with Gasteiger partial charge in [-0.05, 0) is 207 Å². The maximum Gasteiger partial charge on any atom is 0.252 e. The minimum atomic E-state index is -2.64. The first kappa shape index (κ1) is 75.6. The molecule has 26 heteroatoms. The van der Waals surface area contributed by atoms with Crippen LogP contribution in [0.3, 0.4) is 0 Å². The van der Waals surface area contributed by atoms with Gasteiger partial charge in [-0.2, -0.15) is 4.42 Å². The van der Waals surface area contributed by atoms with Crippen LogP contribution >= 0.6 is 44.2 Å². The number of halogens is 2. The van der Waals surface area contributed by atoms with E-state index in [1.54, 1.807) is 51.4 Å². The van der Waals surface area contributed by atoms with Crippen molar-refractivity contribution in [3.05, 3.63) is 105 Å². The van der Waals surface area contributed by atoms with E-state index in [4.69, 9.17) is 53.4 Å². The maximum atomic E-state index is 12.6. The highest BCUT2D eigenvalue weighted by Gasteiger charge is 2.57. The van der Waals surface area contributed by atoms with Crippen LogP contribution in [0.5, 0.6) is 23.0 Å². The number of hydrogen-bond donors (Lipinski definition) is 8. The first-order valence-electron chi connectivity index (χ1n) is 32.1. The van der Waals surface area contributed by atoms with Crippen LogP contribution in [0.25, 0.3) is 0 Å². The van der Waals surface area contributed by atoms with Gasteiger partial charge in [0.25, 0.3) is 11.8 Å². The number of phenols is 3. The molecule has 4 saturated carbocycles. The molecule has 1 heterocycles. The molecule has 21 nitrogen and oxygen atoms in total. The fraction of sp³-hybridized carbons (Fsp3) is 0.559. The van der Waals surface area contributed by atoms with Crippen molar-refractivity contribution < 1.29 is 76.7 Å². The van der Waals surface area contributed by atoms with E-state index in [0.717, 1.165) is 77.0 Å². The number of aromatic hydroxyl groups is 3. The lowest BCUT2D eigenvalue weighted by atomic mass is 9.55. The number of nitrogens with one attached hydrogen (secondary N) is 2. The number of ether oxygens (including phenoxy) is 2. The third-order valence-electron chi connectivity index (χ3n) is 19.7. The molecule has 11 rings (SSSR count). The van der Waals surface area contributed by atoms with E-state index in [1.807, 2.05) is 18.2 Å². The Balaban J connectivity index is 0.000000211. The number of anilines is 2. The SMILES string of the molecule is CP(C)(=O)Cl.CP(C)(=O)O.Cc1ccc(NC(=O)CCO[C@@H]2CCC3C4CCc5cc(O)ccc5C4CC[C@]32C)c(O)c1C(N)=O.Cc1ccc(NC(=O)CCO[C@@H]2CCC3C4CCc5cc(OP(C)(C)=O)ccc5C4CC[C@]32C)c(O)c1C(N)=O.O=C1CCC(=O)N1Cl. The Morgan fingerprint density at radius 3 is 1.37 bits per heavy atom. The van der Waals surface area contributed by atoms with Crippen LogP contribution in [0.1, 0.15) is 170 Å². The van der Waals surface area contributed by atoms with Gasteiger partial charge in [0.15, 0.2) is 25.4 Å². The Bertz CT molecular complexity index is 3600. The number of phenolic OH excluding ortho intramolecular Hbond substituents is 1.